The van der Waals surface area contributed by atoms with Gasteiger partial charge in [0.05, 0.1) is 31.5 Å². The third-order valence-electron chi connectivity index (χ3n) is 6.69. The standard InChI is InChI=1S/C29H35N5O6/c1-6-34-18(4)21(20-10-8-9-11-22(20)34)15-30-33-25(35)16-40-23-13-12-19(14-24(23)39-7-2)27-26(28(36)38-5)17(3)31-29(37)32-27/h8-15,25,27,33,35H,6-7,16H2,1-5H3,(H2,31,32,37)/b30-15+/t25-,27-/m1/s1. The number of para-hydroxylation sites is 1. The van der Waals surface area contributed by atoms with Crippen molar-refractivity contribution in [3.05, 3.63) is 70.6 Å². The van der Waals surface area contributed by atoms with E-state index in [9.17, 15) is 14.7 Å². The van der Waals surface area contributed by atoms with Crippen LogP contribution in [0.3, 0.4) is 0 Å². The number of esters is 1. The molecule has 4 N–H and O–H groups in total. The summed E-state index contributed by atoms with van der Waals surface area (Å²) in [7, 11) is 1.28. The number of aliphatic hydroxyl groups is 1. The normalized spacial score (nSPS) is 16.1. The van der Waals surface area contributed by atoms with Gasteiger partial charge < -0.3 is 34.5 Å². The first kappa shape index (κ1) is 28.5. The van der Waals surface area contributed by atoms with Gasteiger partial charge in [-0.1, -0.05) is 24.3 Å². The van der Waals surface area contributed by atoms with E-state index in [-0.39, 0.29) is 12.2 Å². The number of amides is 2. The van der Waals surface area contributed by atoms with E-state index in [0.29, 0.717) is 29.4 Å². The zero-order valence-corrected chi connectivity index (χ0v) is 23.3. The van der Waals surface area contributed by atoms with E-state index in [4.69, 9.17) is 14.2 Å². The highest BCUT2D eigenvalue weighted by Crippen LogP contribution is 2.35. The van der Waals surface area contributed by atoms with Crippen molar-refractivity contribution >= 4 is 29.1 Å². The molecule has 1 aromatic heterocycles. The first-order valence-electron chi connectivity index (χ1n) is 13.1. The number of benzene rings is 2. The first-order chi connectivity index (χ1) is 19.3. The molecule has 0 saturated heterocycles. The van der Waals surface area contributed by atoms with E-state index in [1.54, 1.807) is 31.3 Å². The SMILES string of the molecule is CCOc1cc([C@H]2NC(=O)NC(C)=C2C(=O)OC)ccc1OC[C@@H](O)N/N=C/c1c(C)n(CC)c2ccccc12. The Hall–Kier alpha value is -4.51. The molecule has 1 aliphatic rings. The summed E-state index contributed by atoms with van der Waals surface area (Å²) >= 11 is 0. The van der Waals surface area contributed by atoms with Gasteiger partial charge in [-0.15, -0.1) is 0 Å². The number of urea groups is 1. The van der Waals surface area contributed by atoms with E-state index in [2.05, 4.69) is 44.8 Å². The van der Waals surface area contributed by atoms with E-state index >= 15 is 0 Å². The van der Waals surface area contributed by atoms with Crippen LogP contribution >= 0.6 is 0 Å². The summed E-state index contributed by atoms with van der Waals surface area (Å²) < 4.78 is 18.7. The van der Waals surface area contributed by atoms with Gasteiger partial charge in [-0.3, -0.25) is 5.43 Å². The maximum absolute atomic E-state index is 12.4. The number of carbonyl (C=O) groups is 2. The number of allylic oxidation sites excluding steroid dienone is 1. The fourth-order valence-corrected chi connectivity index (χ4v) is 4.84. The summed E-state index contributed by atoms with van der Waals surface area (Å²) in [5, 5.41) is 21.2. The first-order valence-corrected chi connectivity index (χ1v) is 13.1. The van der Waals surface area contributed by atoms with Crippen LogP contribution in [0.1, 0.15) is 43.6 Å². The van der Waals surface area contributed by atoms with Gasteiger partial charge >= 0.3 is 12.0 Å². The Kier molecular flexibility index (Phi) is 8.95. The number of ether oxygens (including phenoxy) is 3. The lowest BCUT2D eigenvalue weighted by Crippen LogP contribution is -2.45. The summed E-state index contributed by atoms with van der Waals surface area (Å²) in [6, 6.07) is 12.0. The quantitative estimate of drug-likeness (QED) is 0.124. The van der Waals surface area contributed by atoms with Crippen molar-refractivity contribution in [2.24, 2.45) is 5.10 Å². The molecule has 4 rings (SSSR count). The van der Waals surface area contributed by atoms with Crippen LogP contribution in [-0.4, -0.2) is 54.4 Å². The van der Waals surface area contributed by atoms with Gasteiger partial charge in [-0.25, -0.2) is 9.59 Å². The lowest BCUT2D eigenvalue weighted by atomic mass is 9.95. The third-order valence-corrected chi connectivity index (χ3v) is 6.69. The van der Waals surface area contributed by atoms with Crippen LogP contribution in [0.15, 0.2) is 58.8 Å². The molecular weight excluding hydrogens is 514 g/mol. The zero-order valence-electron chi connectivity index (χ0n) is 23.3. The number of carbonyl (C=O) groups excluding carboxylic acids is 2. The third kappa shape index (κ3) is 5.89. The van der Waals surface area contributed by atoms with Crippen molar-refractivity contribution < 1.29 is 28.9 Å². The van der Waals surface area contributed by atoms with Crippen LogP contribution in [0, 0.1) is 6.92 Å². The number of fused-ring (bicyclic) bond motifs is 1. The molecule has 0 fully saturated rings. The molecule has 2 aromatic carbocycles. The highest BCUT2D eigenvalue weighted by atomic mass is 16.5. The number of nitrogens with zero attached hydrogens (tertiary/aromatic N) is 2. The monoisotopic (exact) mass is 549 g/mol. The second-order valence-electron chi connectivity index (χ2n) is 9.18. The van der Waals surface area contributed by atoms with Crippen molar-refractivity contribution in [2.75, 3.05) is 20.3 Å². The fraction of sp³-hybridized carbons (Fsp3) is 0.345. The molecule has 3 aromatic rings. The molecule has 11 nitrogen and oxygen atoms in total. The van der Waals surface area contributed by atoms with Crippen LogP contribution in [0.25, 0.3) is 10.9 Å². The number of aromatic nitrogens is 1. The van der Waals surface area contributed by atoms with Gasteiger partial charge in [0, 0.05) is 34.4 Å². The molecule has 40 heavy (non-hydrogen) atoms. The van der Waals surface area contributed by atoms with Crippen LogP contribution < -0.4 is 25.5 Å². The molecule has 0 spiro atoms. The molecule has 0 aliphatic carbocycles. The topological polar surface area (TPSA) is 135 Å². The molecule has 0 bridgehead atoms. The number of hydrogen-bond donors (Lipinski definition) is 4. The Morgan fingerprint density at radius 3 is 2.67 bits per heavy atom. The Morgan fingerprint density at radius 1 is 1.18 bits per heavy atom. The van der Waals surface area contributed by atoms with Crippen LogP contribution in [0.5, 0.6) is 11.5 Å². The Labute approximate surface area is 232 Å². The average molecular weight is 550 g/mol. The molecule has 0 radical (unpaired) electrons. The minimum atomic E-state index is -1.09. The second-order valence-corrected chi connectivity index (χ2v) is 9.18. The minimum Gasteiger partial charge on any atom is -0.490 e. The highest BCUT2D eigenvalue weighted by Gasteiger charge is 2.32. The van der Waals surface area contributed by atoms with E-state index in [0.717, 1.165) is 28.7 Å². The van der Waals surface area contributed by atoms with Crippen molar-refractivity contribution in [3.8, 4) is 11.5 Å². The highest BCUT2D eigenvalue weighted by molar-refractivity contribution is 6.01. The summed E-state index contributed by atoms with van der Waals surface area (Å²) in [6.07, 6.45) is 0.611. The van der Waals surface area contributed by atoms with Gasteiger partial charge in [-0.2, -0.15) is 5.10 Å². The number of aliphatic hydroxyl groups excluding tert-OH is 1. The van der Waals surface area contributed by atoms with Crippen molar-refractivity contribution in [1.29, 1.82) is 0 Å². The zero-order chi connectivity index (χ0) is 28.8. The number of nitrogens with one attached hydrogen (secondary N) is 3. The lowest BCUT2D eigenvalue weighted by molar-refractivity contribution is -0.136. The Morgan fingerprint density at radius 2 is 1.95 bits per heavy atom. The van der Waals surface area contributed by atoms with Gasteiger partial charge in [0.25, 0.3) is 0 Å². The van der Waals surface area contributed by atoms with Crippen LogP contribution in [-0.2, 0) is 16.1 Å². The van der Waals surface area contributed by atoms with Crippen molar-refractivity contribution in [3.63, 3.8) is 0 Å². The Balaban J connectivity index is 1.46. The van der Waals surface area contributed by atoms with Gasteiger partial charge in [0.15, 0.2) is 17.7 Å². The van der Waals surface area contributed by atoms with Gasteiger partial charge in [0.2, 0.25) is 0 Å². The maximum atomic E-state index is 12.4. The van der Waals surface area contributed by atoms with E-state index in [1.807, 2.05) is 26.0 Å². The minimum absolute atomic E-state index is 0.108. The summed E-state index contributed by atoms with van der Waals surface area (Å²) in [5.74, 6) is 0.226. The van der Waals surface area contributed by atoms with E-state index in [1.165, 1.54) is 7.11 Å². The molecule has 212 valence electrons. The molecule has 0 saturated carbocycles. The smallest absolute Gasteiger partial charge is 0.337 e. The van der Waals surface area contributed by atoms with Crippen LogP contribution in [0.2, 0.25) is 0 Å². The summed E-state index contributed by atoms with van der Waals surface area (Å²) in [6.45, 7) is 8.70. The van der Waals surface area contributed by atoms with Crippen molar-refractivity contribution in [1.82, 2.24) is 20.6 Å². The van der Waals surface area contributed by atoms with Crippen molar-refractivity contribution in [2.45, 2.75) is 46.5 Å². The number of methoxy groups -OCH3 is 1. The molecule has 1 aliphatic heterocycles. The predicted molar refractivity (Wildman–Crippen MR) is 151 cm³/mol. The maximum Gasteiger partial charge on any atom is 0.337 e. The second kappa shape index (κ2) is 12.6. The summed E-state index contributed by atoms with van der Waals surface area (Å²) in [5.41, 5.74) is 7.21. The number of hydrogen-bond acceptors (Lipinski definition) is 8. The number of rotatable bonds is 11. The molecular formula is C29H35N5O6. The van der Waals surface area contributed by atoms with Gasteiger partial charge in [-0.05, 0) is 51.5 Å². The lowest BCUT2D eigenvalue weighted by Gasteiger charge is -2.28. The number of aryl methyl sites for hydroxylation is 1. The van der Waals surface area contributed by atoms with Gasteiger partial charge in [0.1, 0.15) is 6.61 Å². The summed E-state index contributed by atoms with van der Waals surface area (Å²) in [4.78, 5) is 24.6. The average Bonchev–Trinajstić information content (AvgIpc) is 3.21. The molecule has 2 heterocycles. The van der Waals surface area contributed by atoms with Crippen LogP contribution in [0.4, 0.5) is 4.79 Å². The molecule has 0 unspecified atom stereocenters. The fourth-order valence-electron chi connectivity index (χ4n) is 4.84. The molecule has 11 heteroatoms. The predicted octanol–water partition coefficient (Wildman–Crippen LogP) is 3.49. The molecule has 2 amide bonds. The largest absolute Gasteiger partial charge is 0.490 e. The Bertz CT molecular complexity index is 1460. The molecule has 2 atom stereocenters. The van der Waals surface area contributed by atoms with E-state index < -0.39 is 24.3 Å². The number of hydrazone groups is 1.